The fourth-order valence-corrected chi connectivity index (χ4v) is 2.80. The van der Waals surface area contributed by atoms with Gasteiger partial charge in [-0.3, -0.25) is 19.6 Å². The summed E-state index contributed by atoms with van der Waals surface area (Å²) < 4.78 is 0. The second-order valence-electron chi connectivity index (χ2n) is 6.37. The van der Waals surface area contributed by atoms with Crippen LogP contribution in [0, 0.1) is 0 Å². The van der Waals surface area contributed by atoms with Crippen LogP contribution in [-0.2, 0) is 9.59 Å². The maximum Gasteiger partial charge on any atom is 0.327 e. The SMILES string of the molecule is CC(c1cc(-c2ccccc2)n[nH]1)N(C)C(=O)CN1C(=O)CN(C)C1=O. The smallest absolute Gasteiger partial charge is 0.327 e. The number of urea groups is 1. The third-order valence-electron chi connectivity index (χ3n) is 4.62. The number of aromatic nitrogens is 2. The lowest BCUT2D eigenvalue weighted by Gasteiger charge is -2.25. The van der Waals surface area contributed by atoms with Crippen molar-refractivity contribution in [1.29, 1.82) is 0 Å². The van der Waals surface area contributed by atoms with E-state index in [0.717, 1.165) is 21.9 Å². The quantitative estimate of drug-likeness (QED) is 0.823. The Hall–Kier alpha value is -3.16. The van der Waals surface area contributed by atoms with Crippen molar-refractivity contribution >= 4 is 17.8 Å². The third kappa shape index (κ3) is 3.30. The molecule has 1 aromatic carbocycles. The minimum absolute atomic E-state index is 0.00631. The van der Waals surface area contributed by atoms with Crippen LogP contribution < -0.4 is 0 Å². The molecule has 1 aliphatic heterocycles. The van der Waals surface area contributed by atoms with Gasteiger partial charge in [-0.25, -0.2) is 4.79 Å². The number of benzene rings is 1. The number of imide groups is 1. The van der Waals surface area contributed by atoms with E-state index < -0.39 is 6.03 Å². The zero-order chi connectivity index (χ0) is 18.8. The molecule has 1 saturated heterocycles. The van der Waals surface area contributed by atoms with Crippen LogP contribution in [0.4, 0.5) is 4.79 Å². The summed E-state index contributed by atoms with van der Waals surface area (Å²) >= 11 is 0. The van der Waals surface area contributed by atoms with Crippen LogP contribution in [0.3, 0.4) is 0 Å². The van der Waals surface area contributed by atoms with Crippen molar-refractivity contribution in [2.75, 3.05) is 27.2 Å². The van der Waals surface area contributed by atoms with Gasteiger partial charge in [0.15, 0.2) is 0 Å². The lowest BCUT2D eigenvalue weighted by atomic mass is 10.1. The Morgan fingerprint density at radius 1 is 1.31 bits per heavy atom. The molecule has 1 aliphatic rings. The Bertz CT molecular complexity index is 832. The molecule has 0 saturated carbocycles. The fraction of sp³-hybridized carbons (Fsp3) is 0.333. The largest absolute Gasteiger partial charge is 0.336 e. The monoisotopic (exact) mass is 355 g/mol. The van der Waals surface area contributed by atoms with E-state index in [9.17, 15) is 14.4 Å². The van der Waals surface area contributed by atoms with Gasteiger partial charge >= 0.3 is 6.03 Å². The topological polar surface area (TPSA) is 89.6 Å². The first-order chi connectivity index (χ1) is 12.4. The molecule has 26 heavy (non-hydrogen) atoms. The number of carbonyl (C=O) groups is 3. The molecule has 3 rings (SSSR count). The van der Waals surface area contributed by atoms with Gasteiger partial charge in [0.2, 0.25) is 5.91 Å². The van der Waals surface area contributed by atoms with Crippen LogP contribution in [0.1, 0.15) is 18.7 Å². The normalized spacial score (nSPS) is 15.5. The Balaban J connectivity index is 1.69. The molecule has 8 nitrogen and oxygen atoms in total. The summed E-state index contributed by atoms with van der Waals surface area (Å²) in [6.45, 7) is 1.61. The summed E-state index contributed by atoms with van der Waals surface area (Å²) in [5, 5.41) is 7.26. The molecular weight excluding hydrogens is 334 g/mol. The van der Waals surface area contributed by atoms with Gasteiger partial charge in [-0.15, -0.1) is 0 Å². The van der Waals surface area contributed by atoms with Gasteiger partial charge in [0.1, 0.15) is 13.1 Å². The third-order valence-corrected chi connectivity index (χ3v) is 4.62. The molecule has 1 aromatic heterocycles. The number of rotatable bonds is 5. The highest BCUT2D eigenvalue weighted by Crippen LogP contribution is 2.23. The highest BCUT2D eigenvalue weighted by Gasteiger charge is 2.36. The number of nitrogens with one attached hydrogen (secondary N) is 1. The predicted molar refractivity (Wildman–Crippen MR) is 94.9 cm³/mol. The second-order valence-corrected chi connectivity index (χ2v) is 6.37. The van der Waals surface area contributed by atoms with Crippen LogP contribution in [0.5, 0.6) is 0 Å². The number of H-pyrrole nitrogens is 1. The zero-order valence-corrected chi connectivity index (χ0v) is 15.0. The maximum atomic E-state index is 12.5. The Morgan fingerprint density at radius 2 is 2.00 bits per heavy atom. The number of likely N-dealkylation sites (N-methyl/N-ethyl adjacent to an activating group) is 2. The minimum atomic E-state index is -0.447. The first-order valence-corrected chi connectivity index (χ1v) is 8.30. The average molecular weight is 355 g/mol. The first-order valence-electron chi connectivity index (χ1n) is 8.30. The summed E-state index contributed by atoms with van der Waals surface area (Å²) in [7, 11) is 3.18. The molecule has 8 heteroatoms. The molecule has 2 heterocycles. The van der Waals surface area contributed by atoms with Gasteiger partial charge in [0, 0.05) is 19.7 Å². The molecule has 0 aliphatic carbocycles. The number of carbonyl (C=O) groups excluding carboxylic acids is 3. The van der Waals surface area contributed by atoms with Crippen LogP contribution >= 0.6 is 0 Å². The Morgan fingerprint density at radius 3 is 2.62 bits per heavy atom. The Kier molecular flexibility index (Phi) is 4.75. The van der Waals surface area contributed by atoms with Gasteiger partial charge < -0.3 is 9.80 Å². The zero-order valence-electron chi connectivity index (χ0n) is 15.0. The fourth-order valence-electron chi connectivity index (χ4n) is 2.80. The van der Waals surface area contributed by atoms with Crippen LogP contribution in [0.15, 0.2) is 36.4 Å². The Labute approximate surface area is 151 Å². The first kappa shape index (κ1) is 17.7. The molecule has 0 radical (unpaired) electrons. The van der Waals surface area contributed by atoms with E-state index in [0.29, 0.717) is 0 Å². The molecule has 1 atom stereocenters. The highest BCUT2D eigenvalue weighted by atomic mass is 16.2. The second kappa shape index (κ2) is 6.99. The maximum absolute atomic E-state index is 12.5. The number of nitrogens with zero attached hydrogens (tertiary/aromatic N) is 4. The molecule has 136 valence electrons. The van der Waals surface area contributed by atoms with Crippen LogP contribution in [0.25, 0.3) is 11.3 Å². The van der Waals surface area contributed by atoms with Gasteiger partial charge in [-0.1, -0.05) is 30.3 Å². The predicted octanol–water partition coefficient (Wildman–Crippen LogP) is 1.49. The standard InChI is InChI=1S/C18H21N5O3/c1-12(14-9-15(20-19-14)13-7-5-4-6-8-13)22(3)16(24)11-23-17(25)10-21(2)18(23)26/h4-9,12H,10-11H2,1-3H3,(H,19,20). The van der Waals surface area contributed by atoms with E-state index in [1.165, 1.54) is 16.8 Å². The van der Waals surface area contributed by atoms with Crippen molar-refractivity contribution in [3.8, 4) is 11.3 Å². The van der Waals surface area contributed by atoms with Gasteiger partial charge in [0.25, 0.3) is 5.91 Å². The minimum Gasteiger partial charge on any atom is -0.336 e. The van der Waals surface area contributed by atoms with E-state index in [2.05, 4.69) is 10.2 Å². The average Bonchev–Trinajstić information content (AvgIpc) is 3.22. The highest BCUT2D eigenvalue weighted by molar-refractivity contribution is 6.04. The van der Waals surface area contributed by atoms with E-state index in [1.54, 1.807) is 7.05 Å². The molecule has 1 unspecified atom stereocenters. The van der Waals surface area contributed by atoms with Crippen molar-refractivity contribution in [3.05, 3.63) is 42.1 Å². The lowest BCUT2D eigenvalue weighted by molar-refractivity contribution is -0.137. The van der Waals surface area contributed by atoms with Gasteiger partial charge in [-0.05, 0) is 13.0 Å². The molecular formula is C18H21N5O3. The molecule has 1 N–H and O–H groups in total. The molecule has 2 aromatic rings. The number of amides is 4. The van der Waals surface area contributed by atoms with Crippen molar-refractivity contribution in [3.63, 3.8) is 0 Å². The molecule has 0 bridgehead atoms. The van der Waals surface area contributed by atoms with Gasteiger partial charge in [-0.2, -0.15) is 5.10 Å². The van der Waals surface area contributed by atoms with Crippen LogP contribution in [-0.4, -0.2) is 69.9 Å². The van der Waals surface area contributed by atoms with Crippen molar-refractivity contribution in [1.82, 2.24) is 24.9 Å². The summed E-state index contributed by atoms with van der Waals surface area (Å²) in [5.41, 5.74) is 2.54. The molecule has 1 fully saturated rings. The number of hydrogen-bond donors (Lipinski definition) is 1. The summed E-state index contributed by atoms with van der Waals surface area (Å²) in [6, 6.07) is 10.9. The summed E-state index contributed by atoms with van der Waals surface area (Å²) in [4.78, 5) is 40.0. The summed E-state index contributed by atoms with van der Waals surface area (Å²) in [6.07, 6.45) is 0. The van der Waals surface area contributed by atoms with Crippen LogP contribution in [0.2, 0.25) is 0 Å². The van der Waals surface area contributed by atoms with E-state index in [4.69, 9.17) is 0 Å². The molecule has 4 amide bonds. The molecule has 0 spiro atoms. The van der Waals surface area contributed by atoms with Crippen molar-refractivity contribution < 1.29 is 14.4 Å². The van der Waals surface area contributed by atoms with Crippen molar-refractivity contribution in [2.24, 2.45) is 0 Å². The lowest BCUT2D eigenvalue weighted by Crippen LogP contribution is -2.42. The van der Waals surface area contributed by atoms with Gasteiger partial charge in [0.05, 0.1) is 17.4 Å². The number of hydrogen-bond acceptors (Lipinski definition) is 4. The van der Waals surface area contributed by atoms with Crippen molar-refractivity contribution in [2.45, 2.75) is 13.0 Å². The summed E-state index contributed by atoms with van der Waals surface area (Å²) in [5.74, 6) is -0.676. The van der Waals surface area contributed by atoms with E-state index >= 15 is 0 Å². The van der Waals surface area contributed by atoms with E-state index in [-0.39, 0.29) is 30.9 Å². The number of aromatic amines is 1. The van der Waals surface area contributed by atoms with E-state index in [1.807, 2.05) is 43.3 Å².